The fourth-order valence-electron chi connectivity index (χ4n) is 1.53. The summed E-state index contributed by atoms with van der Waals surface area (Å²) in [6, 6.07) is 7.04. The van der Waals surface area contributed by atoms with Crippen molar-refractivity contribution in [3.8, 4) is 0 Å². The Labute approximate surface area is 101 Å². The Kier molecular flexibility index (Phi) is 2.41. The molecule has 1 aromatic rings. The molecule has 4 nitrogen and oxygen atoms in total. The number of urea groups is 1. The van der Waals surface area contributed by atoms with E-state index in [1.165, 1.54) is 0 Å². The molecule has 1 aromatic carbocycles. The summed E-state index contributed by atoms with van der Waals surface area (Å²) in [7, 11) is 0. The van der Waals surface area contributed by atoms with Gasteiger partial charge in [0.1, 0.15) is 5.54 Å². The first-order valence-corrected chi connectivity index (χ1v) is 5.50. The molecule has 0 aliphatic carbocycles. The second kappa shape index (κ2) is 3.48. The second-order valence-electron chi connectivity index (χ2n) is 3.54. The quantitative estimate of drug-likeness (QED) is 0.607. The van der Waals surface area contributed by atoms with Crippen LogP contribution < -0.4 is 10.6 Å². The Bertz CT molecular complexity index is 430. The van der Waals surface area contributed by atoms with E-state index in [-0.39, 0.29) is 5.91 Å². The van der Waals surface area contributed by atoms with Crippen LogP contribution in [0.25, 0.3) is 0 Å². The molecule has 1 saturated heterocycles. The van der Waals surface area contributed by atoms with Crippen molar-refractivity contribution in [3.05, 3.63) is 33.4 Å². The predicted molar refractivity (Wildman–Crippen MR) is 63.2 cm³/mol. The highest BCUT2D eigenvalue weighted by atomic mass is 127. The van der Waals surface area contributed by atoms with Crippen LogP contribution in [0.15, 0.2) is 24.3 Å². The highest BCUT2D eigenvalue weighted by molar-refractivity contribution is 14.1. The van der Waals surface area contributed by atoms with Crippen molar-refractivity contribution in [2.24, 2.45) is 0 Å². The molecule has 1 aliphatic heterocycles. The number of benzene rings is 1. The first-order chi connectivity index (χ1) is 7.02. The highest BCUT2D eigenvalue weighted by Gasteiger charge is 2.43. The molecular formula is C10H9IN2O2. The van der Waals surface area contributed by atoms with Crippen LogP contribution in [-0.4, -0.2) is 11.9 Å². The lowest BCUT2D eigenvalue weighted by Gasteiger charge is -2.20. The molecule has 0 spiro atoms. The molecule has 1 unspecified atom stereocenters. The normalized spacial score (nSPS) is 24.9. The molecule has 0 saturated carbocycles. The summed E-state index contributed by atoms with van der Waals surface area (Å²) in [6.07, 6.45) is 0. The average Bonchev–Trinajstić information content (AvgIpc) is 2.42. The Morgan fingerprint density at radius 2 is 1.80 bits per heavy atom. The van der Waals surface area contributed by atoms with E-state index >= 15 is 0 Å². The number of amides is 3. The molecule has 5 heteroatoms. The van der Waals surface area contributed by atoms with Crippen LogP contribution in [0.4, 0.5) is 4.79 Å². The summed E-state index contributed by atoms with van der Waals surface area (Å²) in [4.78, 5) is 22.7. The minimum atomic E-state index is -0.943. The van der Waals surface area contributed by atoms with E-state index in [0.29, 0.717) is 0 Å². The van der Waals surface area contributed by atoms with Crippen LogP contribution in [0.3, 0.4) is 0 Å². The van der Waals surface area contributed by atoms with E-state index in [4.69, 9.17) is 0 Å². The number of rotatable bonds is 1. The molecular weight excluding hydrogens is 307 g/mol. The molecule has 2 N–H and O–H groups in total. The zero-order chi connectivity index (χ0) is 11.1. The lowest BCUT2D eigenvalue weighted by molar-refractivity contribution is -0.123. The molecule has 1 fully saturated rings. The number of hydrogen-bond acceptors (Lipinski definition) is 2. The molecule has 0 aromatic heterocycles. The van der Waals surface area contributed by atoms with Crippen LogP contribution >= 0.6 is 22.6 Å². The Morgan fingerprint density at radius 1 is 1.20 bits per heavy atom. The molecule has 3 amide bonds. The van der Waals surface area contributed by atoms with Gasteiger partial charge in [-0.3, -0.25) is 10.1 Å². The molecule has 0 radical (unpaired) electrons. The lowest BCUT2D eigenvalue weighted by Crippen LogP contribution is -2.40. The molecule has 78 valence electrons. The van der Waals surface area contributed by atoms with Gasteiger partial charge in [-0.25, -0.2) is 4.79 Å². The van der Waals surface area contributed by atoms with Crippen LogP contribution in [-0.2, 0) is 10.3 Å². The van der Waals surface area contributed by atoms with Gasteiger partial charge in [0.05, 0.1) is 0 Å². The summed E-state index contributed by atoms with van der Waals surface area (Å²) in [6.45, 7) is 1.69. The first kappa shape index (κ1) is 10.4. The maximum atomic E-state index is 11.6. The SMILES string of the molecule is CC1(c2ccc(I)cc2)NC(=O)NC1=O. The minimum Gasteiger partial charge on any atom is -0.320 e. The maximum Gasteiger partial charge on any atom is 0.322 e. The van der Waals surface area contributed by atoms with E-state index in [9.17, 15) is 9.59 Å². The molecule has 0 bridgehead atoms. The molecule has 2 rings (SSSR count). The monoisotopic (exact) mass is 316 g/mol. The van der Waals surface area contributed by atoms with E-state index in [1.54, 1.807) is 6.92 Å². The molecule has 1 atom stereocenters. The fourth-order valence-corrected chi connectivity index (χ4v) is 1.89. The van der Waals surface area contributed by atoms with E-state index in [1.807, 2.05) is 24.3 Å². The van der Waals surface area contributed by atoms with Crippen molar-refractivity contribution < 1.29 is 9.59 Å². The Hall–Kier alpha value is -1.11. The van der Waals surface area contributed by atoms with E-state index < -0.39 is 11.6 Å². The zero-order valence-electron chi connectivity index (χ0n) is 8.00. The van der Waals surface area contributed by atoms with Gasteiger partial charge in [0.25, 0.3) is 5.91 Å². The van der Waals surface area contributed by atoms with Crippen molar-refractivity contribution in [1.29, 1.82) is 0 Å². The minimum absolute atomic E-state index is 0.311. The third-order valence-corrected chi connectivity index (χ3v) is 3.19. The maximum absolute atomic E-state index is 11.6. The third kappa shape index (κ3) is 1.71. The number of imide groups is 1. The van der Waals surface area contributed by atoms with Gasteiger partial charge in [-0.1, -0.05) is 12.1 Å². The largest absolute Gasteiger partial charge is 0.322 e. The van der Waals surface area contributed by atoms with Crippen molar-refractivity contribution in [2.45, 2.75) is 12.5 Å². The number of carbonyl (C=O) groups excluding carboxylic acids is 2. The van der Waals surface area contributed by atoms with Gasteiger partial charge < -0.3 is 5.32 Å². The highest BCUT2D eigenvalue weighted by Crippen LogP contribution is 2.24. The van der Waals surface area contributed by atoms with Crippen molar-refractivity contribution >= 4 is 34.5 Å². The van der Waals surface area contributed by atoms with Crippen LogP contribution in [0.2, 0.25) is 0 Å². The fraction of sp³-hybridized carbons (Fsp3) is 0.200. The van der Waals surface area contributed by atoms with Crippen molar-refractivity contribution in [2.75, 3.05) is 0 Å². The first-order valence-electron chi connectivity index (χ1n) is 4.42. The van der Waals surface area contributed by atoms with Gasteiger partial charge in [0.2, 0.25) is 0 Å². The molecule has 1 heterocycles. The summed E-state index contributed by atoms with van der Waals surface area (Å²) < 4.78 is 1.09. The van der Waals surface area contributed by atoms with Crippen LogP contribution in [0, 0.1) is 3.57 Å². The third-order valence-electron chi connectivity index (χ3n) is 2.47. The molecule has 15 heavy (non-hydrogen) atoms. The van der Waals surface area contributed by atoms with Gasteiger partial charge in [-0.15, -0.1) is 0 Å². The number of carbonyl (C=O) groups is 2. The zero-order valence-corrected chi connectivity index (χ0v) is 10.2. The van der Waals surface area contributed by atoms with Crippen molar-refractivity contribution in [1.82, 2.24) is 10.6 Å². The summed E-state index contributed by atoms with van der Waals surface area (Å²) in [5.41, 5.74) is -0.159. The Morgan fingerprint density at radius 3 is 2.27 bits per heavy atom. The smallest absolute Gasteiger partial charge is 0.320 e. The number of halogens is 1. The standard InChI is InChI=1S/C10H9IN2O2/c1-10(8(14)12-9(15)13-10)6-2-4-7(11)5-3-6/h2-5H,1H3,(H2,12,13,14,15). The van der Waals surface area contributed by atoms with Crippen LogP contribution in [0.5, 0.6) is 0 Å². The average molecular weight is 316 g/mol. The van der Waals surface area contributed by atoms with Gasteiger partial charge in [0, 0.05) is 3.57 Å². The number of nitrogens with one attached hydrogen (secondary N) is 2. The topological polar surface area (TPSA) is 58.2 Å². The van der Waals surface area contributed by atoms with Gasteiger partial charge in [-0.2, -0.15) is 0 Å². The summed E-state index contributed by atoms with van der Waals surface area (Å²) >= 11 is 2.19. The summed E-state index contributed by atoms with van der Waals surface area (Å²) in [5.74, 6) is -0.311. The van der Waals surface area contributed by atoms with Gasteiger partial charge in [-0.05, 0) is 47.2 Å². The summed E-state index contributed by atoms with van der Waals surface area (Å²) in [5, 5.41) is 4.84. The Balaban J connectivity index is 2.41. The van der Waals surface area contributed by atoms with E-state index in [0.717, 1.165) is 9.13 Å². The van der Waals surface area contributed by atoms with E-state index in [2.05, 4.69) is 33.2 Å². The number of hydrogen-bond donors (Lipinski definition) is 2. The molecule has 1 aliphatic rings. The van der Waals surface area contributed by atoms with Crippen LogP contribution in [0.1, 0.15) is 12.5 Å². The van der Waals surface area contributed by atoms with Gasteiger partial charge in [0.15, 0.2) is 0 Å². The van der Waals surface area contributed by atoms with Crippen molar-refractivity contribution in [3.63, 3.8) is 0 Å². The lowest BCUT2D eigenvalue weighted by atomic mass is 9.92. The predicted octanol–water partition coefficient (Wildman–Crippen LogP) is 1.35. The second-order valence-corrected chi connectivity index (χ2v) is 4.79. The van der Waals surface area contributed by atoms with Gasteiger partial charge >= 0.3 is 6.03 Å².